The lowest BCUT2D eigenvalue weighted by atomic mass is 10.1. The van der Waals surface area contributed by atoms with Crippen LogP contribution in [0.1, 0.15) is 15.9 Å². The van der Waals surface area contributed by atoms with Crippen molar-refractivity contribution in [1.82, 2.24) is 0 Å². The van der Waals surface area contributed by atoms with Crippen molar-refractivity contribution in [2.45, 2.75) is 6.42 Å². The quantitative estimate of drug-likeness (QED) is 0.917. The minimum atomic E-state index is -0.0426. The maximum Gasteiger partial charge on any atom is 0.258 e. The third kappa shape index (κ3) is 3.61. The largest absolute Gasteiger partial charge is 0.497 e. The number of nitrogens with zero attached hydrogens (tertiary/aromatic N) is 1. The van der Waals surface area contributed by atoms with E-state index >= 15 is 0 Å². The van der Waals surface area contributed by atoms with Crippen molar-refractivity contribution in [2.75, 3.05) is 25.6 Å². The smallest absolute Gasteiger partial charge is 0.258 e. The number of hydrogen-bond acceptors (Lipinski definition) is 3. The third-order valence-electron chi connectivity index (χ3n) is 3.37. The summed E-state index contributed by atoms with van der Waals surface area (Å²) in [6.07, 6.45) is 0.771. The molecule has 0 fully saturated rings. The number of carbonyl (C=O) groups excluding carboxylic acids is 1. The predicted molar refractivity (Wildman–Crippen MR) is 84.9 cm³/mol. The number of amides is 1. The molecule has 4 heteroatoms. The van der Waals surface area contributed by atoms with E-state index in [-0.39, 0.29) is 5.91 Å². The standard InChI is InChI=1S/C17H20N2O2/c1-19(15-6-8-16(21-2)9-7-15)17(20)14-5-3-4-13(12-14)10-11-18/h3-9,12H,10-11,18H2,1-2H3. The van der Waals surface area contributed by atoms with Gasteiger partial charge in [0.2, 0.25) is 0 Å². The molecule has 0 heterocycles. The van der Waals surface area contributed by atoms with Crippen molar-refractivity contribution in [3.63, 3.8) is 0 Å². The van der Waals surface area contributed by atoms with Crippen LogP contribution >= 0.6 is 0 Å². The van der Waals surface area contributed by atoms with Crippen LogP contribution in [0.2, 0.25) is 0 Å². The van der Waals surface area contributed by atoms with Gasteiger partial charge in [-0.15, -0.1) is 0 Å². The van der Waals surface area contributed by atoms with Crippen LogP contribution in [-0.4, -0.2) is 26.6 Å². The molecule has 110 valence electrons. The van der Waals surface area contributed by atoms with Gasteiger partial charge in [-0.2, -0.15) is 0 Å². The highest BCUT2D eigenvalue weighted by Crippen LogP contribution is 2.20. The Morgan fingerprint density at radius 3 is 2.52 bits per heavy atom. The summed E-state index contributed by atoms with van der Waals surface area (Å²) in [5.74, 6) is 0.726. The Labute approximate surface area is 125 Å². The molecule has 0 saturated carbocycles. The Kier molecular flexibility index (Phi) is 4.95. The lowest BCUT2D eigenvalue weighted by Crippen LogP contribution is -2.26. The highest BCUT2D eigenvalue weighted by atomic mass is 16.5. The van der Waals surface area contributed by atoms with E-state index < -0.39 is 0 Å². The topological polar surface area (TPSA) is 55.6 Å². The predicted octanol–water partition coefficient (Wildman–Crippen LogP) is 2.47. The molecule has 2 aromatic rings. The minimum Gasteiger partial charge on any atom is -0.497 e. The first-order chi connectivity index (χ1) is 10.2. The van der Waals surface area contributed by atoms with Crippen LogP contribution < -0.4 is 15.4 Å². The van der Waals surface area contributed by atoms with Crippen LogP contribution in [0.4, 0.5) is 5.69 Å². The van der Waals surface area contributed by atoms with Gasteiger partial charge >= 0.3 is 0 Å². The summed E-state index contributed by atoms with van der Waals surface area (Å²) in [5, 5.41) is 0. The summed E-state index contributed by atoms with van der Waals surface area (Å²) in [7, 11) is 3.38. The first-order valence-corrected chi connectivity index (χ1v) is 6.87. The first kappa shape index (κ1) is 15.1. The van der Waals surface area contributed by atoms with Gasteiger partial charge < -0.3 is 15.4 Å². The lowest BCUT2D eigenvalue weighted by molar-refractivity contribution is 0.0993. The Hall–Kier alpha value is -2.33. The van der Waals surface area contributed by atoms with Gasteiger partial charge in [0.25, 0.3) is 5.91 Å². The zero-order valence-electron chi connectivity index (χ0n) is 12.4. The molecule has 2 rings (SSSR count). The Balaban J connectivity index is 2.19. The van der Waals surface area contributed by atoms with Crippen molar-refractivity contribution in [3.8, 4) is 5.75 Å². The number of rotatable bonds is 5. The Morgan fingerprint density at radius 1 is 1.19 bits per heavy atom. The Morgan fingerprint density at radius 2 is 1.90 bits per heavy atom. The van der Waals surface area contributed by atoms with Gasteiger partial charge in [0.15, 0.2) is 0 Å². The molecule has 0 radical (unpaired) electrons. The molecule has 0 aliphatic carbocycles. The van der Waals surface area contributed by atoms with Gasteiger partial charge in [-0.05, 0) is 54.9 Å². The van der Waals surface area contributed by atoms with E-state index in [2.05, 4.69) is 0 Å². The zero-order chi connectivity index (χ0) is 15.2. The fraction of sp³-hybridized carbons (Fsp3) is 0.235. The van der Waals surface area contributed by atoms with Gasteiger partial charge in [-0.25, -0.2) is 0 Å². The van der Waals surface area contributed by atoms with Crippen LogP contribution in [0.15, 0.2) is 48.5 Å². The number of hydrogen-bond donors (Lipinski definition) is 1. The maximum atomic E-state index is 12.5. The molecular formula is C17H20N2O2. The summed E-state index contributed by atoms with van der Waals surface area (Å²) < 4.78 is 5.12. The molecule has 0 atom stereocenters. The van der Waals surface area contributed by atoms with E-state index in [1.54, 1.807) is 19.1 Å². The van der Waals surface area contributed by atoms with Gasteiger partial charge in [0, 0.05) is 18.3 Å². The van der Waals surface area contributed by atoms with Gasteiger partial charge in [-0.3, -0.25) is 4.79 Å². The number of anilines is 1. The monoisotopic (exact) mass is 284 g/mol. The molecule has 0 saturated heterocycles. The average molecular weight is 284 g/mol. The lowest BCUT2D eigenvalue weighted by Gasteiger charge is -2.18. The van der Waals surface area contributed by atoms with E-state index in [0.29, 0.717) is 12.1 Å². The van der Waals surface area contributed by atoms with E-state index in [1.807, 2.05) is 48.5 Å². The third-order valence-corrected chi connectivity index (χ3v) is 3.37. The van der Waals surface area contributed by atoms with E-state index in [0.717, 1.165) is 23.4 Å². The molecule has 4 nitrogen and oxygen atoms in total. The van der Waals surface area contributed by atoms with Crippen molar-refractivity contribution >= 4 is 11.6 Å². The highest BCUT2D eigenvalue weighted by Gasteiger charge is 2.13. The second-order valence-corrected chi connectivity index (χ2v) is 4.80. The highest BCUT2D eigenvalue weighted by molar-refractivity contribution is 6.05. The molecule has 0 aromatic heterocycles. The molecule has 2 aromatic carbocycles. The molecule has 0 aliphatic heterocycles. The molecule has 0 aliphatic rings. The zero-order valence-corrected chi connectivity index (χ0v) is 12.4. The van der Waals surface area contributed by atoms with Gasteiger partial charge in [-0.1, -0.05) is 12.1 Å². The van der Waals surface area contributed by atoms with Crippen molar-refractivity contribution < 1.29 is 9.53 Å². The van der Waals surface area contributed by atoms with E-state index in [4.69, 9.17) is 10.5 Å². The molecule has 2 N–H and O–H groups in total. The summed E-state index contributed by atoms with van der Waals surface area (Å²) in [6.45, 7) is 0.575. The van der Waals surface area contributed by atoms with E-state index in [9.17, 15) is 4.79 Å². The molecule has 0 spiro atoms. The number of carbonyl (C=O) groups is 1. The van der Waals surface area contributed by atoms with Gasteiger partial charge in [0.1, 0.15) is 5.75 Å². The van der Waals surface area contributed by atoms with Crippen molar-refractivity contribution in [3.05, 3.63) is 59.7 Å². The van der Waals surface area contributed by atoms with Crippen LogP contribution in [0, 0.1) is 0 Å². The van der Waals surface area contributed by atoms with Crippen LogP contribution in [-0.2, 0) is 6.42 Å². The maximum absolute atomic E-state index is 12.5. The number of methoxy groups -OCH3 is 1. The average Bonchev–Trinajstić information content (AvgIpc) is 2.54. The summed E-state index contributed by atoms with van der Waals surface area (Å²) in [5.41, 5.74) is 8.12. The second-order valence-electron chi connectivity index (χ2n) is 4.80. The molecule has 0 unspecified atom stereocenters. The first-order valence-electron chi connectivity index (χ1n) is 6.87. The van der Waals surface area contributed by atoms with Crippen LogP contribution in [0.3, 0.4) is 0 Å². The Bertz CT molecular complexity index is 608. The summed E-state index contributed by atoms with van der Waals surface area (Å²) in [4.78, 5) is 14.1. The molecule has 0 bridgehead atoms. The normalized spacial score (nSPS) is 10.2. The molecule has 1 amide bonds. The summed E-state index contributed by atoms with van der Waals surface area (Å²) >= 11 is 0. The number of nitrogens with two attached hydrogens (primary N) is 1. The van der Waals surface area contributed by atoms with E-state index in [1.165, 1.54) is 0 Å². The molecule has 21 heavy (non-hydrogen) atoms. The van der Waals surface area contributed by atoms with Crippen molar-refractivity contribution in [2.24, 2.45) is 5.73 Å². The fourth-order valence-electron chi connectivity index (χ4n) is 2.14. The summed E-state index contributed by atoms with van der Waals surface area (Å²) in [6, 6.07) is 15.0. The second kappa shape index (κ2) is 6.90. The number of benzene rings is 2. The number of ether oxygens (including phenoxy) is 1. The minimum absolute atomic E-state index is 0.0426. The molecular weight excluding hydrogens is 264 g/mol. The van der Waals surface area contributed by atoms with Crippen LogP contribution in [0.5, 0.6) is 5.75 Å². The SMILES string of the molecule is COc1ccc(N(C)C(=O)c2cccc(CCN)c2)cc1. The fourth-order valence-corrected chi connectivity index (χ4v) is 2.14. The van der Waals surface area contributed by atoms with Gasteiger partial charge in [0.05, 0.1) is 7.11 Å². The van der Waals surface area contributed by atoms with Crippen LogP contribution in [0.25, 0.3) is 0 Å². The van der Waals surface area contributed by atoms with Crippen molar-refractivity contribution in [1.29, 1.82) is 0 Å².